The Bertz CT molecular complexity index is 696. The third-order valence-corrected chi connectivity index (χ3v) is 6.05. The second-order valence-corrected chi connectivity index (χ2v) is 9.21. The molecule has 192 valence electrons. The van der Waals surface area contributed by atoms with E-state index in [9.17, 15) is 35.1 Å². The molecule has 2 bridgehead atoms. The van der Waals surface area contributed by atoms with Gasteiger partial charge >= 0.3 is 18.5 Å². The summed E-state index contributed by atoms with van der Waals surface area (Å²) in [4.78, 5) is 0. The van der Waals surface area contributed by atoms with Crippen molar-refractivity contribution in [3.8, 4) is 0 Å². The van der Waals surface area contributed by atoms with Crippen molar-refractivity contribution in [2.24, 2.45) is 11.3 Å². The van der Waals surface area contributed by atoms with Crippen molar-refractivity contribution >= 4 is 0 Å². The average molecular weight is 494 g/mol. The standard InChI is InChI=1S/C16H22F6O2.C6H8F2O/c1-3-4-9-23-11(2)24-14(15(17,18)19,16(20,21)22)13-7-5-12(10-13)6-8-13;1-5(2)3-4-6(7,8)9-5/h5,7,11-12H,3-4,6,8-10H2,1-2H3;3-4H,1-2H3. The molecule has 0 spiro atoms. The van der Waals surface area contributed by atoms with Crippen LogP contribution < -0.4 is 0 Å². The minimum absolute atomic E-state index is 0.0505. The fourth-order valence-electron chi connectivity index (χ4n) is 4.56. The maximum atomic E-state index is 13.8. The molecule has 11 heteroatoms. The van der Waals surface area contributed by atoms with Crippen molar-refractivity contribution in [2.45, 2.75) is 95.8 Å². The lowest BCUT2D eigenvalue weighted by Crippen LogP contribution is -2.68. The Hall–Kier alpha value is -1.20. The van der Waals surface area contributed by atoms with E-state index in [1.54, 1.807) is 13.8 Å². The second-order valence-electron chi connectivity index (χ2n) is 9.21. The van der Waals surface area contributed by atoms with Gasteiger partial charge in [-0.15, -0.1) is 0 Å². The van der Waals surface area contributed by atoms with E-state index in [1.807, 2.05) is 6.92 Å². The van der Waals surface area contributed by atoms with E-state index in [2.05, 4.69) is 4.74 Å². The molecule has 3 aliphatic rings. The zero-order valence-corrected chi connectivity index (χ0v) is 19.0. The molecular weight excluding hydrogens is 464 g/mol. The van der Waals surface area contributed by atoms with Crippen molar-refractivity contribution in [3.05, 3.63) is 24.3 Å². The van der Waals surface area contributed by atoms with Crippen molar-refractivity contribution in [1.82, 2.24) is 0 Å². The van der Waals surface area contributed by atoms with Crippen LogP contribution in [0.15, 0.2) is 24.3 Å². The lowest BCUT2D eigenvalue weighted by atomic mass is 9.69. The molecular formula is C22H30F8O3. The van der Waals surface area contributed by atoms with Crippen LogP contribution in [0.5, 0.6) is 0 Å². The summed E-state index contributed by atoms with van der Waals surface area (Å²) in [6, 6.07) is 0. The Morgan fingerprint density at radius 1 is 1.03 bits per heavy atom. The van der Waals surface area contributed by atoms with E-state index in [0.717, 1.165) is 19.1 Å². The van der Waals surface area contributed by atoms with Gasteiger partial charge in [-0.2, -0.15) is 35.1 Å². The van der Waals surface area contributed by atoms with Crippen molar-refractivity contribution in [2.75, 3.05) is 6.61 Å². The van der Waals surface area contributed by atoms with Gasteiger partial charge in [0.25, 0.3) is 5.60 Å². The third-order valence-electron chi connectivity index (χ3n) is 6.05. The summed E-state index contributed by atoms with van der Waals surface area (Å²) < 4.78 is 121. The largest absolute Gasteiger partial charge is 0.427 e. The first-order valence-corrected chi connectivity index (χ1v) is 10.8. The van der Waals surface area contributed by atoms with Gasteiger partial charge < -0.3 is 14.2 Å². The van der Waals surface area contributed by atoms with Crippen molar-refractivity contribution in [3.63, 3.8) is 0 Å². The molecule has 33 heavy (non-hydrogen) atoms. The average Bonchev–Trinajstić information content (AvgIpc) is 3.31. The minimum atomic E-state index is -5.60. The predicted octanol–water partition coefficient (Wildman–Crippen LogP) is 7.33. The Balaban J connectivity index is 0.000000357. The SMILES string of the molecule is CC1(C)C=CC(F)(F)O1.CCCCOC(C)OC(C(F)(F)F)(C(F)(F)F)C12C=CC(CC1)C2. The second kappa shape index (κ2) is 9.45. The van der Waals surface area contributed by atoms with Crippen LogP contribution in [0.3, 0.4) is 0 Å². The topological polar surface area (TPSA) is 27.7 Å². The molecule has 0 amide bonds. The summed E-state index contributed by atoms with van der Waals surface area (Å²) in [5.74, 6) is -0.256. The summed E-state index contributed by atoms with van der Waals surface area (Å²) in [6.07, 6.45) is -10.1. The quantitative estimate of drug-likeness (QED) is 0.161. The molecule has 0 radical (unpaired) electrons. The highest BCUT2D eigenvalue weighted by Gasteiger charge is 2.82. The van der Waals surface area contributed by atoms with E-state index in [-0.39, 0.29) is 25.4 Å². The first-order valence-electron chi connectivity index (χ1n) is 10.8. The Morgan fingerprint density at radius 2 is 1.64 bits per heavy atom. The molecule has 3 unspecified atom stereocenters. The number of hydrogen-bond donors (Lipinski definition) is 0. The summed E-state index contributed by atoms with van der Waals surface area (Å²) >= 11 is 0. The molecule has 0 aromatic rings. The minimum Gasteiger partial charge on any atom is -0.353 e. The van der Waals surface area contributed by atoms with Crippen LogP contribution in [-0.4, -0.2) is 42.6 Å². The van der Waals surface area contributed by atoms with Gasteiger partial charge in [-0.25, -0.2) is 0 Å². The van der Waals surface area contributed by atoms with E-state index >= 15 is 0 Å². The van der Waals surface area contributed by atoms with Crippen LogP contribution >= 0.6 is 0 Å². The number of hydrogen-bond acceptors (Lipinski definition) is 3. The fourth-order valence-corrected chi connectivity index (χ4v) is 4.56. The molecule has 0 aromatic heterocycles. The van der Waals surface area contributed by atoms with Crippen LogP contribution in [0.1, 0.15) is 59.8 Å². The summed E-state index contributed by atoms with van der Waals surface area (Å²) in [5, 5.41) is 0. The van der Waals surface area contributed by atoms with Gasteiger partial charge in [0.15, 0.2) is 6.29 Å². The monoisotopic (exact) mass is 494 g/mol. The zero-order chi connectivity index (χ0) is 25.3. The van der Waals surface area contributed by atoms with Gasteiger partial charge in [0.05, 0.1) is 5.60 Å². The highest BCUT2D eigenvalue weighted by atomic mass is 19.4. The van der Waals surface area contributed by atoms with E-state index in [4.69, 9.17) is 9.47 Å². The first-order chi connectivity index (χ1) is 14.9. The lowest BCUT2D eigenvalue weighted by molar-refractivity contribution is -0.433. The molecule has 0 aromatic carbocycles. The number of alkyl halides is 8. The van der Waals surface area contributed by atoms with Gasteiger partial charge in [0, 0.05) is 18.1 Å². The summed E-state index contributed by atoms with van der Waals surface area (Å²) in [5.41, 5.74) is -7.17. The number of rotatable bonds is 7. The normalized spacial score (nSPS) is 28.7. The molecule has 1 saturated carbocycles. The van der Waals surface area contributed by atoms with E-state index in [0.29, 0.717) is 19.3 Å². The first kappa shape index (κ1) is 28.0. The van der Waals surface area contributed by atoms with E-state index < -0.39 is 41.4 Å². The van der Waals surface area contributed by atoms with Crippen LogP contribution in [-0.2, 0) is 14.2 Å². The van der Waals surface area contributed by atoms with Gasteiger partial charge in [0.1, 0.15) is 0 Å². The van der Waals surface area contributed by atoms with Gasteiger partial charge in [0.2, 0.25) is 0 Å². The lowest BCUT2D eigenvalue weighted by Gasteiger charge is -2.48. The Morgan fingerprint density at radius 3 is 1.94 bits per heavy atom. The number of ether oxygens (including phenoxy) is 3. The van der Waals surface area contributed by atoms with Crippen LogP contribution in [0.4, 0.5) is 35.1 Å². The number of allylic oxidation sites excluding steroid dienone is 1. The molecule has 0 N–H and O–H groups in total. The molecule has 1 heterocycles. The molecule has 3 atom stereocenters. The molecule has 1 fully saturated rings. The molecule has 0 saturated heterocycles. The number of halogens is 8. The molecule has 3 rings (SSSR count). The van der Waals surface area contributed by atoms with Gasteiger partial charge in [-0.05, 0) is 58.4 Å². The van der Waals surface area contributed by atoms with E-state index in [1.165, 1.54) is 12.2 Å². The number of fused-ring (bicyclic) bond motifs is 2. The van der Waals surface area contributed by atoms with Crippen molar-refractivity contribution in [1.29, 1.82) is 0 Å². The van der Waals surface area contributed by atoms with Gasteiger partial charge in [-0.3, -0.25) is 0 Å². The fraction of sp³-hybridized carbons (Fsp3) is 0.818. The highest BCUT2D eigenvalue weighted by Crippen LogP contribution is 2.66. The van der Waals surface area contributed by atoms with Gasteiger partial charge in [-0.1, -0.05) is 25.5 Å². The smallest absolute Gasteiger partial charge is 0.353 e. The maximum Gasteiger partial charge on any atom is 0.427 e. The number of unbranched alkanes of at least 4 members (excludes halogenated alkanes) is 1. The van der Waals surface area contributed by atoms with Crippen LogP contribution in [0.2, 0.25) is 0 Å². The zero-order valence-electron chi connectivity index (χ0n) is 19.0. The maximum absolute atomic E-state index is 13.8. The molecule has 1 aliphatic heterocycles. The van der Waals surface area contributed by atoms with Crippen LogP contribution in [0.25, 0.3) is 0 Å². The summed E-state index contributed by atoms with van der Waals surface area (Å²) in [7, 11) is 0. The van der Waals surface area contributed by atoms with Crippen LogP contribution in [0, 0.1) is 11.3 Å². The Labute approximate surface area is 188 Å². The summed E-state index contributed by atoms with van der Waals surface area (Å²) in [6.45, 7) is 6.15. The Kier molecular flexibility index (Phi) is 8.03. The molecule has 3 nitrogen and oxygen atoms in total. The highest BCUT2D eigenvalue weighted by molar-refractivity contribution is 5.26. The molecule has 2 aliphatic carbocycles. The predicted molar refractivity (Wildman–Crippen MR) is 104 cm³/mol. The third kappa shape index (κ3) is 5.90. The van der Waals surface area contributed by atoms with Crippen molar-refractivity contribution < 1.29 is 49.3 Å².